The zero-order valence-electron chi connectivity index (χ0n) is 8.15. The molecule has 1 nitrogen and oxygen atoms in total. The normalized spacial score (nSPS) is 7.71. The summed E-state index contributed by atoms with van der Waals surface area (Å²) in [4.78, 5) is 9.94. The molecule has 0 aromatic heterocycles. The number of rotatable bonds is 3. The Morgan fingerprint density at radius 3 is 1.71 bits per heavy atom. The second-order valence-electron chi connectivity index (χ2n) is 2.43. The zero-order valence-corrected chi connectivity index (χ0v) is 8.15. The maximum Gasteiger partial charge on any atom is 0.177 e. The van der Waals surface area contributed by atoms with Gasteiger partial charge < -0.3 is 0 Å². The predicted molar refractivity (Wildman–Crippen MR) is 61.9 cm³/mol. The first-order valence-corrected chi connectivity index (χ1v) is 4.21. The van der Waals surface area contributed by atoms with Crippen LogP contribution in [0.5, 0.6) is 0 Å². The van der Waals surface area contributed by atoms with Crippen LogP contribution in [0.2, 0.25) is 0 Å². The van der Waals surface area contributed by atoms with Gasteiger partial charge in [0.25, 0.3) is 0 Å². The third-order valence-corrected chi connectivity index (χ3v) is 1.44. The predicted octanol–water partition coefficient (Wildman–Crippen LogP) is 3.26. The van der Waals surface area contributed by atoms with Crippen molar-refractivity contribution in [2.24, 2.45) is 0 Å². The smallest absolute Gasteiger partial charge is 0.177 e. The van der Waals surface area contributed by atoms with Crippen molar-refractivity contribution in [1.29, 1.82) is 0 Å². The molecule has 0 N–H and O–H groups in total. The Hall–Kier alpha value is -1.89. The summed E-state index contributed by atoms with van der Waals surface area (Å²) >= 11 is 0. The molecule has 0 heterocycles. The van der Waals surface area contributed by atoms with Crippen molar-refractivity contribution in [2.75, 3.05) is 0 Å². The number of hydrogen-bond acceptors (Lipinski definition) is 1. The van der Waals surface area contributed by atoms with Gasteiger partial charge in [-0.3, -0.25) is 4.79 Å². The van der Waals surface area contributed by atoms with Crippen molar-refractivity contribution in [2.45, 2.75) is 0 Å². The average Bonchev–Trinajstić information content (AvgIpc) is 2.30. The Balaban J connectivity index is 0.000000255. The molecule has 0 saturated carbocycles. The fraction of sp³-hybridized carbons (Fsp3) is 0. The summed E-state index contributed by atoms with van der Waals surface area (Å²) in [6.07, 6.45) is 4.26. The van der Waals surface area contributed by atoms with Gasteiger partial charge >= 0.3 is 0 Å². The fourth-order valence-electron chi connectivity index (χ4n) is 0.672. The summed E-state index contributed by atoms with van der Waals surface area (Å²) in [5, 5.41) is 0. The van der Waals surface area contributed by atoms with E-state index >= 15 is 0 Å². The molecule has 1 heteroatoms. The first-order chi connectivity index (χ1) is 6.74. The lowest BCUT2D eigenvalue weighted by molar-refractivity contribution is -0.110. The zero-order chi connectivity index (χ0) is 10.8. The van der Waals surface area contributed by atoms with Gasteiger partial charge in [-0.2, -0.15) is 0 Å². The molecular weight excluding hydrogens is 172 g/mol. The minimum Gasteiger partial charge on any atom is -0.290 e. The van der Waals surface area contributed by atoms with Crippen LogP contribution in [0, 0.1) is 0 Å². The van der Waals surface area contributed by atoms with Crippen LogP contribution >= 0.6 is 0 Å². The molecule has 0 aliphatic carbocycles. The highest BCUT2D eigenvalue weighted by atomic mass is 16.1. The van der Waals surface area contributed by atoms with Gasteiger partial charge in [0.1, 0.15) is 0 Å². The molecule has 72 valence electrons. The Morgan fingerprint density at radius 1 is 1.00 bits per heavy atom. The van der Waals surface area contributed by atoms with E-state index in [4.69, 9.17) is 0 Å². The van der Waals surface area contributed by atoms with Crippen LogP contribution in [-0.4, -0.2) is 5.78 Å². The van der Waals surface area contributed by atoms with E-state index < -0.39 is 0 Å². The molecule has 0 amide bonds. The summed E-state index contributed by atoms with van der Waals surface area (Å²) < 4.78 is 0. The first kappa shape index (κ1) is 12.1. The molecule has 0 radical (unpaired) electrons. The van der Waals surface area contributed by atoms with Gasteiger partial charge in [0.2, 0.25) is 0 Å². The van der Waals surface area contributed by atoms with Gasteiger partial charge in [-0.25, -0.2) is 0 Å². The number of carbonyl (C=O) groups excluding carboxylic acids is 1. The summed E-state index contributed by atoms with van der Waals surface area (Å²) in [6.45, 7) is 10.1. The highest BCUT2D eigenvalue weighted by Gasteiger charge is 1.76. The molecule has 1 aromatic rings. The van der Waals surface area contributed by atoms with E-state index in [1.165, 1.54) is 17.7 Å². The van der Waals surface area contributed by atoms with Crippen LogP contribution in [0.1, 0.15) is 5.56 Å². The van der Waals surface area contributed by atoms with E-state index in [2.05, 4.69) is 19.7 Å². The summed E-state index contributed by atoms with van der Waals surface area (Å²) in [6, 6.07) is 10.0. The van der Waals surface area contributed by atoms with E-state index in [0.717, 1.165) is 0 Å². The Morgan fingerprint density at radius 2 is 1.50 bits per heavy atom. The van der Waals surface area contributed by atoms with Crippen LogP contribution < -0.4 is 0 Å². The summed E-state index contributed by atoms with van der Waals surface area (Å²) in [5.74, 6) is -0.130. The van der Waals surface area contributed by atoms with Crippen molar-refractivity contribution in [1.82, 2.24) is 0 Å². The second kappa shape index (κ2) is 7.74. The highest BCUT2D eigenvalue weighted by Crippen LogP contribution is 1.97. The lowest BCUT2D eigenvalue weighted by atomic mass is 10.2. The maximum absolute atomic E-state index is 9.94. The molecule has 1 rings (SSSR count). The second-order valence-corrected chi connectivity index (χ2v) is 2.43. The van der Waals surface area contributed by atoms with Crippen LogP contribution in [-0.2, 0) is 4.79 Å². The summed E-state index contributed by atoms with van der Waals surface area (Å²) in [5.41, 5.74) is 1.17. The molecule has 0 bridgehead atoms. The van der Waals surface area contributed by atoms with Crippen LogP contribution in [0.4, 0.5) is 0 Å². The maximum atomic E-state index is 9.94. The minimum atomic E-state index is -0.130. The van der Waals surface area contributed by atoms with E-state index in [9.17, 15) is 4.79 Å². The monoisotopic (exact) mass is 186 g/mol. The third kappa shape index (κ3) is 5.72. The van der Waals surface area contributed by atoms with E-state index in [1.54, 1.807) is 0 Å². The van der Waals surface area contributed by atoms with Crippen molar-refractivity contribution < 1.29 is 4.79 Å². The largest absolute Gasteiger partial charge is 0.290 e. The number of carbonyl (C=O) groups is 1. The van der Waals surface area contributed by atoms with Crippen LogP contribution in [0.25, 0.3) is 6.08 Å². The molecule has 0 spiro atoms. The molecule has 0 atom stereocenters. The van der Waals surface area contributed by atoms with Gasteiger partial charge in [-0.1, -0.05) is 56.1 Å². The molecule has 1 aromatic carbocycles. The number of benzene rings is 1. The highest BCUT2D eigenvalue weighted by molar-refractivity contribution is 5.98. The SMILES string of the molecule is C=CC(=O)C=C.C=Cc1ccccc1. The molecular formula is C13H14O. The first-order valence-electron chi connectivity index (χ1n) is 4.21. The minimum absolute atomic E-state index is 0.130. The Kier molecular flexibility index (Phi) is 6.70. The Labute approximate surface area is 85.1 Å². The van der Waals surface area contributed by atoms with E-state index in [1.807, 2.05) is 36.4 Å². The number of hydrogen-bond donors (Lipinski definition) is 0. The molecule has 0 aliphatic rings. The van der Waals surface area contributed by atoms with Crippen molar-refractivity contribution >= 4 is 11.9 Å². The summed E-state index contributed by atoms with van der Waals surface area (Å²) in [7, 11) is 0. The van der Waals surface area contributed by atoms with Crippen molar-refractivity contribution in [3.05, 3.63) is 67.8 Å². The van der Waals surface area contributed by atoms with Crippen molar-refractivity contribution in [3.8, 4) is 0 Å². The Bertz CT molecular complexity index is 299. The van der Waals surface area contributed by atoms with Gasteiger partial charge in [0.05, 0.1) is 0 Å². The third-order valence-electron chi connectivity index (χ3n) is 1.44. The van der Waals surface area contributed by atoms with Gasteiger partial charge in [0.15, 0.2) is 5.78 Å². The topological polar surface area (TPSA) is 17.1 Å². The molecule has 14 heavy (non-hydrogen) atoms. The quantitative estimate of drug-likeness (QED) is 0.662. The van der Waals surface area contributed by atoms with Crippen LogP contribution in [0.3, 0.4) is 0 Å². The van der Waals surface area contributed by atoms with Gasteiger partial charge in [-0.15, -0.1) is 0 Å². The van der Waals surface area contributed by atoms with Crippen LogP contribution in [0.15, 0.2) is 62.2 Å². The standard InChI is InChI=1S/C8H8.C5H6O/c1-2-8-6-4-3-5-7-8;1-3-5(6)4-2/h2-7H,1H2;3-4H,1-2H2. The lowest BCUT2D eigenvalue weighted by Crippen LogP contribution is -1.78. The number of ketones is 1. The lowest BCUT2D eigenvalue weighted by Gasteiger charge is -1.85. The molecule has 0 fully saturated rings. The molecule has 0 saturated heterocycles. The van der Waals surface area contributed by atoms with E-state index in [-0.39, 0.29) is 5.78 Å². The van der Waals surface area contributed by atoms with E-state index in [0.29, 0.717) is 0 Å². The average molecular weight is 186 g/mol. The van der Waals surface area contributed by atoms with Crippen molar-refractivity contribution in [3.63, 3.8) is 0 Å². The number of allylic oxidation sites excluding steroid dienone is 2. The molecule has 0 unspecified atom stereocenters. The fourth-order valence-corrected chi connectivity index (χ4v) is 0.672. The van der Waals surface area contributed by atoms with Gasteiger partial charge in [-0.05, 0) is 17.7 Å². The van der Waals surface area contributed by atoms with Gasteiger partial charge in [0, 0.05) is 0 Å². The molecule has 0 aliphatic heterocycles.